The third-order valence-corrected chi connectivity index (χ3v) is 2.08. The first-order valence-electron chi connectivity index (χ1n) is 4.32. The van der Waals surface area contributed by atoms with Crippen LogP contribution in [0, 0.1) is 0 Å². The number of carbonyl (C=O) groups is 1. The average Bonchev–Trinajstić information content (AvgIpc) is 2.19. The molecule has 2 unspecified atom stereocenters. The molecule has 0 saturated carbocycles. The Bertz CT molecular complexity index is 321. The molecule has 0 spiro atoms. The minimum atomic E-state index is -0.927. The summed E-state index contributed by atoms with van der Waals surface area (Å²) >= 11 is 0. The fraction of sp³-hybridized carbons (Fsp3) is 0.182. The summed E-state index contributed by atoms with van der Waals surface area (Å²) in [6.45, 7) is 3.50. The van der Waals surface area contributed by atoms with E-state index in [2.05, 4.69) is 6.58 Å². The van der Waals surface area contributed by atoms with Crippen LogP contribution in [0.2, 0.25) is 0 Å². The largest absolute Gasteiger partial charge is 0.481 e. The van der Waals surface area contributed by atoms with Crippen LogP contribution in [0.15, 0.2) is 43.0 Å². The summed E-state index contributed by atoms with van der Waals surface area (Å²) in [6, 6.07) is 8.36. The summed E-state index contributed by atoms with van der Waals surface area (Å²) in [6.07, 6.45) is 1.45. The Labute approximate surface area is 82.9 Å². The van der Waals surface area contributed by atoms with Crippen LogP contribution < -0.4 is 5.73 Å². The highest BCUT2D eigenvalue weighted by molar-refractivity contribution is 5.77. The van der Waals surface area contributed by atoms with Crippen LogP contribution in [-0.4, -0.2) is 17.1 Å². The van der Waals surface area contributed by atoms with Crippen molar-refractivity contribution in [3.05, 3.63) is 48.6 Å². The molecule has 0 aliphatic heterocycles. The van der Waals surface area contributed by atoms with Gasteiger partial charge in [-0.1, -0.05) is 36.4 Å². The molecule has 74 valence electrons. The van der Waals surface area contributed by atoms with Crippen molar-refractivity contribution < 1.29 is 9.90 Å². The molecule has 0 heterocycles. The van der Waals surface area contributed by atoms with Gasteiger partial charge in [0.25, 0.3) is 0 Å². The van der Waals surface area contributed by atoms with Crippen molar-refractivity contribution in [2.75, 3.05) is 0 Å². The number of carboxylic acids is 1. The maximum atomic E-state index is 11.0. The summed E-state index contributed by atoms with van der Waals surface area (Å²) in [5.74, 6) is -1.64. The molecule has 1 aromatic rings. The van der Waals surface area contributed by atoms with E-state index in [1.807, 2.05) is 6.07 Å². The zero-order valence-electron chi connectivity index (χ0n) is 7.76. The average molecular weight is 191 g/mol. The van der Waals surface area contributed by atoms with Crippen molar-refractivity contribution in [2.24, 2.45) is 5.73 Å². The molecule has 0 fully saturated rings. The third-order valence-electron chi connectivity index (χ3n) is 2.08. The first-order valence-corrected chi connectivity index (χ1v) is 4.32. The molecule has 0 amide bonds. The third kappa shape index (κ3) is 2.20. The Morgan fingerprint density at radius 2 is 2.00 bits per heavy atom. The molecular weight excluding hydrogens is 178 g/mol. The molecule has 3 N–H and O–H groups in total. The maximum Gasteiger partial charge on any atom is 0.312 e. The highest BCUT2D eigenvalue weighted by atomic mass is 16.4. The van der Waals surface area contributed by atoms with Gasteiger partial charge >= 0.3 is 5.97 Å². The van der Waals surface area contributed by atoms with Gasteiger partial charge in [0, 0.05) is 6.04 Å². The first kappa shape index (κ1) is 10.5. The van der Waals surface area contributed by atoms with Gasteiger partial charge in [-0.3, -0.25) is 4.79 Å². The molecule has 0 aromatic heterocycles. The van der Waals surface area contributed by atoms with E-state index < -0.39 is 17.9 Å². The number of nitrogens with two attached hydrogens (primary N) is 1. The number of aliphatic carboxylic acids is 1. The van der Waals surface area contributed by atoms with Crippen molar-refractivity contribution in [3.63, 3.8) is 0 Å². The smallest absolute Gasteiger partial charge is 0.312 e. The Hall–Kier alpha value is -1.61. The van der Waals surface area contributed by atoms with E-state index >= 15 is 0 Å². The van der Waals surface area contributed by atoms with E-state index in [4.69, 9.17) is 10.8 Å². The van der Waals surface area contributed by atoms with E-state index in [-0.39, 0.29) is 0 Å². The fourth-order valence-corrected chi connectivity index (χ4v) is 1.33. The van der Waals surface area contributed by atoms with Gasteiger partial charge in [0.2, 0.25) is 0 Å². The van der Waals surface area contributed by atoms with Crippen LogP contribution in [0.1, 0.15) is 11.5 Å². The minimum absolute atomic E-state index is 0.560. The maximum absolute atomic E-state index is 11.0. The summed E-state index contributed by atoms with van der Waals surface area (Å²) < 4.78 is 0. The van der Waals surface area contributed by atoms with Gasteiger partial charge in [0.05, 0.1) is 0 Å². The molecule has 0 radical (unpaired) electrons. The SMILES string of the molecule is C=CC(N)C(C(=O)O)c1ccccc1. The Balaban J connectivity index is 3.00. The van der Waals surface area contributed by atoms with Crippen molar-refractivity contribution in [1.29, 1.82) is 0 Å². The zero-order chi connectivity index (χ0) is 10.6. The van der Waals surface area contributed by atoms with Gasteiger partial charge in [0.15, 0.2) is 0 Å². The highest BCUT2D eigenvalue weighted by Crippen LogP contribution is 2.19. The van der Waals surface area contributed by atoms with Gasteiger partial charge in [-0.25, -0.2) is 0 Å². The predicted molar refractivity (Wildman–Crippen MR) is 55.0 cm³/mol. The molecule has 3 nitrogen and oxygen atoms in total. The standard InChI is InChI=1S/C11H13NO2/c1-2-9(12)10(11(13)14)8-6-4-3-5-7-8/h2-7,9-10H,1,12H2,(H,13,14). The van der Waals surface area contributed by atoms with E-state index in [1.54, 1.807) is 24.3 Å². The number of hydrogen-bond acceptors (Lipinski definition) is 2. The lowest BCUT2D eigenvalue weighted by molar-refractivity contribution is -0.139. The molecule has 14 heavy (non-hydrogen) atoms. The summed E-state index contributed by atoms with van der Waals surface area (Å²) in [5.41, 5.74) is 6.35. The molecule has 0 bridgehead atoms. The monoisotopic (exact) mass is 191 g/mol. The molecule has 2 atom stereocenters. The summed E-state index contributed by atoms with van der Waals surface area (Å²) in [4.78, 5) is 11.0. The highest BCUT2D eigenvalue weighted by Gasteiger charge is 2.24. The second kappa shape index (κ2) is 4.58. The molecule has 1 rings (SSSR count). The Morgan fingerprint density at radius 1 is 1.43 bits per heavy atom. The van der Waals surface area contributed by atoms with Crippen LogP contribution in [0.5, 0.6) is 0 Å². The van der Waals surface area contributed by atoms with Crippen molar-refractivity contribution >= 4 is 5.97 Å². The van der Waals surface area contributed by atoms with Gasteiger partial charge in [0.1, 0.15) is 5.92 Å². The molecular formula is C11H13NO2. The van der Waals surface area contributed by atoms with Gasteiger partial charge < -0.3 is 10.8 Å². The molecule has 3 heteroatoms. The van der Waals surface area contributed by atoms with Crippen LogP contribution in [-0.2, 0) is 4.79 Å². The normalized spacial score (nSPS) is 14.4. The van der Waals surface area contributed by atoms with Crippen LogP contribution in [0.25, 0.3) is 0 Å². The van der Waals surface area contributed by atoms with Gasteiger partial charge in [-0.05, 0) is 5.56 Å². The lowest BCUT2D eigenvalue weighted by atomic mass is 9.92. The second-order valence-electron chi connectivity index (χ2n) is 3.04. The van der Waals surface area contributed by atoms with Crippen molar-refractivity contribution in [1.82, 2.24) is 0 Å². The van der Waals surface area contributed by atoms with E-state index in [1.165, 1.54) is 6.08 Å². The van der Waals surface area contributed by atoms with E-state index in [0.717, 1.165) is 0 Å². The quantitative estimate of drug-likeness (QED) is 0.706. The number of hydrogen-bond donors (Lipinski definition) is 2. The lowest BCUT2D eigenvalue weighted by Crippen LogP contribution is -2.31. The topological polar surface area (TPSA) is 63.3 Å². The van der Waals surface area contributed by atoms with Crippen molar-refractivity contribution in [3.8, 4) is 0 Å². The Morgan fingerprint density at radius 3 is 2.43 bits per heavy atom. The fourth-order valence-electron chi connectivity index (χ4n) is 1.33. The summed E-state index contributed by atoms with van der Waals surface area (Å²) in [5, 5.41) is 9.00. The Kier molecular flexibility index (Phi) is 3.42. The summed E-state index contributed by atoms with van der Waals surface area (Å²) in [7, 11) is 0. The van der Waals surface area contributed by atoms with E-state index in [9.17, 15) is 4.79 Å². The van der Waals surface area contributed by atoms with Gasteiger partial charge in [-0.15, -0.1) is 6.58 Å². The zero-order valence-corrected chi connectivity index (χ0v) is 7.76. The van der Waals surface area contributed by atoms with Crippen molar-refractivity contribution in [2.45, 2.75) is 12.0 Å². The lowest BCUT2D eigenvalue weighted by Gasteiger charge is -2.16. The van der Waals surface area contributed by atoms with Gasteiger partial charge in [-0.2, -0.15) is 0 Å². The number of rotatable bonds is 4. The van der Waals surface area contributed by atoms with Crippen LogP contribution >= 0.6 is 0 Å². The van der Waals surface area contributed by atoms with Crippen LogP contribution in [0.4, 0.5) is 0 Å². The van der Waals surface area contributed by atoms with Crippen LogP contribution in [0.3, 0.4) is 0 Å². The first-order chi connectivity index (χ1) is 6.66. The number of carboxylic acid groups (broad SMARTS) is 1. The molecule has 0 aliphatic rings. The second-order valence-corrected chi connectivity index (χ2v) is 3.04. The molecule has 1 aromatic carbocycles. The number of benzene rings is 1. The minimum Gasteiger partial charge on any atom is -0.481 e. The molecule has 0 saturated heterocycles. The molecule has 0 aliphatic carbocycles. The predicted octanol–water partition coefficient (Wildman–Crippen LogP) is 1.37. The van der Waals surface area contributed by atoms with E-state index in [0.29, 0.717) is 5.56 Å².